The normalized spacial score (nSPS) is 18.3. The lowest BCUT2D eigenvalue weighted by molar-refractivity contribution is -0.384. The quantitative estimate of drug-likeness (QED) is 0.518. The first-order chi connectivity index (χ1) is 9.00. The number of hydrogen-bond acceptors (Lipinski definition) is 5. The van der Waals surface area contributed by atoms with E-state index in [4.69, 9.17) is 5.73 Å². The summed E-state index contributed by atoms with van der Waals surface area (Å²) in [6.45, 7) is 0. The molecule has 1 aromatic rings. The lowest BCUT2D eigenvalue weighted by Crippen LogP contribution is -2.37. The number of hydrogen-bond donors (Lipinski definition) is 1. The maximum atomic E-state index is 12.3. The molecule has 0 spiro atoms. The molecule has 2 N–H and O–H groups in total. The van der Waals surface area contributed by atoms with E-state index in [1.165, 1.54) is 18.2 Å². The van der Waals surface area contributed by atoms with E-state index in [1.54, 1.807) is 23.7 Å². The summed E-state index contributed by atoms with van der Waals surface area (Å²) in [7, 11) is 1.72. The molecule has 1 unspecified atom stereocenters. The van der Waals surface area contributed by atoms with Gasteiger partial charge in [-0.15, -0.1) is 0 Å². The van der Waals surface area contributed by atoms with Gasteiger partial charge in [-0.1, -0.05) is 0 Å². The van der Waals surface area contributed by atoms with Crippen molar-refractivity contribution in [2.75, 3.05) is 24.3 Å². The molecule has 0 bridgehead atoms. The van der Waals surface area contributed by atoms with Crippen LogP contribution in [0.25, 0.3) is 0 Å². The number of nitrogens with two attached hydrogens (primary N) is 1. The van der Waals surface area contributed by atoms with E-state index < -0.39 is 4.92 Å². The van der Waals surface area contributed by atoms with Crippen LogP contribution in [0, 0.1) is 10.1 Å². The van der Waals surface area contributed by atoms with Crippen LogP contribution in [-0.4, -0.2) is 40.3 Å². The first-order valence-corrected chi connectivity index (χ1v) is 7.05. The van der Waals surface area contributed by atoms with Crippen LogP contribution in [0.2, 0.25) is 0 Å². The highest BCUT2D eigenvalue weighted by Gasteiger charge is 2.26. The Bertz CT molecular complexity index is 515. The van der Waals surface area contributed by atoms with Gasteiger partial charge in [0, 0.05) is 36.7 Å². The van der Waals surface area contributed by atoms with Crippen molar-refractivity contribution < 1.29 is 9.72 Å². The summed E-state index contributed by atoms with van der Waals surface area (Å²) in [5, 5.41) is 10.7. The maximum absolute atomic E-state index is 12.3. The number of non-ortho nitro benzene ring substituents is 1. The van der Waals surface area contributed by atoms with Crippen LogP contribution >= 0.6 is 11.8 Å². The Kier molecular flexibility index (Phi) is 3.94. The molecule has 19 heavy (non-hydrogen) atoms. The Hall–Kier alpha value is -1.76. The number of rotatable bonds is 3. The maximum Gasteiger partial charge on any atom is 0.270 e. The van der Waals surface area contributed by atoms with Gasteiger partial charge in [0.15, 0.2) is 0 Å². The predicted octanol–water partition coefficient (Wildman–Crippen LogP) is 1.75. The van der Waals surface area contributed by atoms with E-state index in [-0.39, 0.29) is 28.9 Å². The van der Waals surface area contributed by atoms with Gasteiger partial charge in [0.25, 0.3) is 11.6 Å². The highest BCUT2D eigenvalue weighted by Crippen LogP contribution is 2.25. The molecule has 0 saturated carbocycles. The number of nitrogens with zero attached hydrogens (tertiary/aromatic N) is 2. The Morgan fingerprint density at radius 2 is 2.32 bits per heavy atom. The van der Waals surface area contributed by atoms with Gasteiger partial charge in [-0.25, -0.2) is 0 Å². The van der Waals surface area contributed by atoms with Crippen molar-refractivity contribution in [3.8, 4) is 0 Å². The number of amides is 1. The molecule has 2 rings (SSSR count). The highest BCUT2D eigenvalue weighted by atomic mass is 32.2. The third-order valence-corrected chi connectivity index (χ3v) is 4.40. The first-order valence-electron chi connectivity index (χ1n) is 5.89. The zero-order valence-corrected chi connectivity index (χ0v) is 11.4. The smallest absolute Gasteiger partial charge is 0.270 e. The fourth-order valence-electron chi connectivity index (χ4n) is 2.03. The summed E-state index contributed by atoms with van der Waals surface area (Å²) in [5.74, 6) is 1.68. The van der Waals surface area contributed by atoms with E-state index in [0.717, 1.165) is 17.9 Å². The van der Waals surface area contributed by atoms with Gasteiger partial charge in [-0.3, -0.25) is 14.9 Å². The monoisotopic (exact) mass is 281 g/mol. The summed E-state index contributed by atoms with van der Waals surface area (Å²) >= 11 is 1.80. The average Bonchev–Trinajstić information content (AvgIpc) is 2.91. The standard InChI is InChI=1S/C12H15N3O3S/c1-14(9-4-5-19-7-9)12(16)10-6-8(15(17)18)2-3-11(10)13/h2-3,6,9H,4-5,7,13H2,1H3. The second-order valence-corrected chi connectivity index (χ2v) is 5.61. The van der Waals surface area contributed by atoms with Crippen LogP contribution in [0.4, 0.5) is 11.4 Å². The van der Waals surface area contributed by atoms with Crippen molar-refractivity contribution in [1.29, 1.82) is 0 Å². The molecule has 1 amide bonds. The van der Waals surface area contributed by atoms with Crippen LogP contribution < -0.4 is 5.73 Å². The minimum atomic E-state index is -0.526. The van der Waals surface area contributed by atoms with E-state index >= 15 is 0 Å². The molecule has 6 nitrogen and oxygen atoms in total. The number of thioether (sulfide) groups is 1. The number of nitrogen functional groups attached to an aromatic ring is 1. The lowest BCUT2D eigenvalue weighted by atomic mass is 10.1. The van der Waals surface area contributed by atoms with E-state index in [1.807, 2.05) is 0 Å². The van der Waals surface area contributed by atoms with E-state index in [2.05, 4.69) is 0 Å². The van der Waals surface area contributed by atoms with Gasteiger partial charge in [-0.2, -0.15) is 11.8 Å². The molecule has 1 atom stereocenters. The second-order valence-electron chi connectivity index (χ2n) is 4.46. The van der Waals surface area contributed by atoms with Gasteiger partial charge < -0.3 is 10.6 Å². The number of carbonyl (C=O) groups is 1. The molecule has 0 aliphatic carbocycles. The van der Waals surface area contributed by atoms with Gasteiger partial charge in [0.2, 0.25) is 0 Å². The van der Waals surface area contributed by atoms with Gasteiger partial charge in [-0.05, 0) is 18.2 Å². The fraction of sp³-hybridized carbons (Fsp3) is 0.417. The summed E-state index contributed by atoms with van der Waals surface area (Å²) in [5.41, 5.74) is 6.11. The number of nitro benzene ring substituents is 1. The van der Waals surface area contributed by atoms with Crippen LogP contribution in [0.1, 0.15) is 16.8 Å². The second kappa shape index (κ2) is 5.48. The largest absolute Gasteiger partial charge is 0.398 e. The molecule has 1 saturated heterocycles. The molecular formula is C12H15N3O3S. The zero-order valence-electron chi connectivity index (χ0n) is 10.5. The lowest BCUT2D eigenvalue weighted by Gasteiger charge is -2.24. The van der Waals surface area contributed by atoms with Crippen LogP contribution in [0.3, 0.4) is 0 Å². The SMILES string of the molecule is CN(C(=O)c1cc([N+](=O)[O-])ccc1N)C1CCSC1. The fourth-order valence-corrected chi connectivity index (χ4v) is 3.29. The highest BCUT2D eigenvalue weighted by molar-refractivity contribution is 7.99. The van der Waals surface area contributed by atoms with Gasteiger partial charge in [0.1, 0.15) is 0 Å². The zero-order chi connectivity index (χ0) is 14.0. The minimum Gasteiger partial charge on any atom is -0.398 e. The minimum absolute atomic E-state index is 0.119. The van der Waals surface area contributed by atoms with E-state index in [0.29, 0.717) is 0 Å². The third-order valence-electron chi connectivity index (χ3n) is 3.25. The van der Waals surface area contributed by atoms with Gasteiger partial charge in [0.05, 0.1) is 10.5 Å². The van der Waals surface area contributed by atoms with Crippen LogP contribution in [0.5, 0.6) is 0 Å². The Balaban J connectivity index is 2.26. The first kappa shape index (κ1) is 13.7. The van der Waals surface area contributed by atoms with Crippen LogP contribution in [0.15, 0.2) is 18.2 Å². The summed E-state index contributed by atoms with van der Waals surface area (Å²) < 4.78 is 0. The number of nitro groups is 1. The van der Waals surface area contributed by atoms with Crippen molar-refractivity contribution in [3.05, 3.63) is 33.9 Å². The average molecular weight is 281 g/mol. The Morgan fingerprint density at radius 1 is 1.58 bits per heavy atom. The van der Waals surface area contributed by atoms with Crippen molar-refractivity contribution in [1.82, 2.24) is 4.90 Å². The van der Waals surface area contributed by atoms with Gasteiger partial charge >= 0.3 is 0 Å². The molecule has 0 aromatic heterocycles. The van der Waals surface area contributed by atoms with Crippen molar-refractivity contribution in [2.24, 2.45) is 0 Å². The molecule has 102 valence electrons. The molecule has 1 heterocycles. The summed E-state index contributed by atoms with van der Waals surface area (Å²) in [6.07, 6.45) is 0.946. The number of carbonyl (C=O) groups excluding carboxylic acids is 1. The van der Waals surface area contributed by atoms with Crippen LogP contribution in [-0.2, 0) is 0 Å². The Morgan fingerprint density at radius 3 is 2.89 bits per heavy atom. The number of benzene rings is 1. The Labute approximate surface area is 115 Å². The topological polar surface area (TPSA) is 89.5 Å². The summed E-state index contributed by atoms with van der Waals surface area (Å²) in [6, 6.07) is 4.13. The molecule has 1 aliphatic rings. The third kappa shape index (κ3) is 2.81. The molecule has 0 radical (unpaired) electrons. The van der Waals surface area contributed by atoms with Crippen molar-refractivity contribution >= 4 is 29.0 Å². The van der Waals surface area contributed by atoms with Crippen molar-refractivity contribution in [3.63, 3.8) is 0 Å². The molecule has 1 fully saturated rings. The van der Waals surface area contributed by atoms with E-state index in [9.17, 15) is 14.9 Å². The van der Waals surface area contributed by atoms with Crippen molar-refractivity contribution in [2.45, 2.75) is 12.5 Å². The summed E-state index contributed by atoms with van der Waals surface area (Å²) in [4.78, 5) is 24.2. The molecule has 1 aliphatic heterocycles. The number of anilines is 1. The predicted molar refractivity (Wildman–Crippen MR) is 75.3 cm³/mol. The molecule has 1 aromatic carbocycles. The molecule has 7 heteroatoms. The molecular weight excluding hydrogens is 266 g/mol.